The van der Waals surface area contributed by atoms with Crippen molar-refractivity contribution in [3.8, 4) is 0 Å². The molecule has 112 valence electrons. The van der Waals surface area contributed by atoms with Crippen LogP contribution in [0.1, 0.15) is 33.5 Å². The molecule has 2 rings (SSSR count). The maximum atomic E-state index is 12.2. The van der Waals surface area contributed by atoms with Crippen LogP contribution in [0.15, 0.2) is 23.6 Å². The van der Waals surface area contributed by atoms with Gasteiger partial charge in [-0.25, -0.2) is 4.98 Å². The highest BCUT2D eigenvalue weighted by Crippen LogP contribution is 2.15. The van der Waals surface area contributed by atoms with Crippen molar-refractivity contribution in [1.29, 1.82) is 0 Å². The summed E-state index contributed by atoms with van der Waals surface area (Å²) in [5.41, 5.74) is 3.79. The second kappa shape index (κ2) is 7.22. The number of carbonyl (C=O) groups excluding carboxylic acids is 1. The number of rotatable bonds is 6. The standard InChI is InChI=1S/C16H21N3OS/c1-4-17-13-5-6-15(11(2)9-13)16(20)18-8-7-14-10-21-12(3)19-14/h5-6,9-10,17H,4,7-8H2,1-3H3,(H,18,20). The maximum Gasteiger partial charge on any atom is 0.251 e. The molecule has 0 saturated carbocycles. The molecule has 1 amide bonds. The van der Waals surface area contributed by atoms with E-state index in [-0.39, 0.29) is 5.91 Å². The first kappa shape index (κ1) is 15.5. The maximum absolute atomic E-state index is 12.2. The molecule has 0 unspecified atom stereocenters. The summed E-state index contributed by atoms with van der Waals surface area (Å²) in [6, 6.07) is 5.81. The molecule has 5 heteroatoms. The number of carbonyl (C=O) groups is 1. The first-order valence-electron chi connectivity index (χ1n) is 7.14. The van der Waals surface area contributed by atoms with Gasteiger partial charge in [-0.2, -0.15) is 0 Å². The summed E-state index contributed by atoms with van der Waals surface area (Å²) in [5, 5.41) is 9.30. The lowest BCUT2D eigenvalue weighted by Crippen LogP contribution is -2.26. The molecule has 0 saturated heterocycles. The number of anilines is 1. The van der Waals surface area contributed by atoms with Crippen molar-refractivity contribution in [2.24, 2.45) is 0 Å². The molecule has 0 bridgehead atoms. The van der Waals surface area contributed by atoms with Crippen LogP contribution in [0.5, 0.6) is 0 Å². The zero-order chi connectivity index (χ0) is 15.2. The predicted molar refractivity (Wildman–Crippen MR) is 88.2 cm³/mol. The smallest absolute Gasteiger partial charge is 0.251 e. The number of nitrogens with zero attached hydrogens (tertiary/aromatic N) is 1. The highest BCUT2D eigenvalue weighted by Gasteiger charge is 2.09. The Labute approximate surface area is 129 Å². The molecule has 1 aromatic heterocycles. The van der Waals surface area contributed by atoms with Crippen LogP contribution in [0.2, 0.25) is 0 Å². The molecule has 2 N–H and O–H groups in total. The van der Waals surface area contributed by atoms with Crippen molar-refractivity contribution in [1.82, 2.24) is 10.3 Å². The SMILES string of the molecule is CCNc1ccc(C(=O)NCCc2csc(C)n2)c(C)c1. The quantitative estimate of drug-likeness (QED) is 0.862. The largest absolute Gasteiger partial charge is 0.385 e. The van der Waals surface area contributed by atoms with E-state index < -0.39 is 0 Å². The molecular formula is C16H21N3OS. The van der Waals surface area contributed by atoms with E-state index in [2.05, 4.69) is 22.5 Å². The molecule has 0 spiro atoms. The van der Waals surface area contributed by atoms with Crippen LogP contribution in [0.3, 0.4) is 0 Å². The normalized spacial score (nSPS) is 10.4. The van der Waals surface area contributed by atoms with Gasteiger partial charge >= 0.3 is 0 Å². The lowest BCUT2D eigenvalue weighted by atomic mass is 10.1. The van der Waals surface area contributed by atoms with Gasteiger partial charge in [-0.15, -0.1) is 11.3 Å². The molecule has 0 radical (unpaired) electrons. The fraction of sp³-hybridized carbons (Fsp3) is 0.375. The van der Waals surface area contributed by atoms with Gasteiger partial charge < -0.3 is 10.6 Å². The molecule has 2 aromatic rings. The second-order valence-electron chi connectivity index (χ2n) is 4.92. The van der Waals surface area contributed by atoms with E-state index in [4.69, 9.17) is 0 Å². The summed E-state index contributed by atoms with van der Waals surface area (Å²) in [4.78, 5) is 16.6. The molecular weight excluding hydrogens is 282 g/mol. The van der Waals surface area contributed by atoms with Crippen LogP contribution in [-0.4, -0.2) is 24.0 Å². The van der Waals surface area contributed by atoms with Gasteiger partial charge in [0.15, 0.2) is 0 Å². The Morgan fingerprint density at radius 1 is 1.33 bits per heavy atom. The van der Waals surface area contributed by atoms with Crippen molar-refractivity contribution in [2.45, 2.75) is 27.2 Å². The van der Waals surface area contributed by atoms with Crippen molar-refractivity contribution >= 4 is 22.9 Å². The number of amides is 1. The van der Waals surface area contributed by atoms with Crippen molar-refractivity contribution in [3.63, 3.8) is 0 Å². The number of benzene rings is 1. The number of nitrogens with one attached hydrogen (secondary N) is 2. The zero-order valence-electron chi connectivity index (χ0n) is 12.7. The topological polar surface area (TPSA) is 54.0 Å². The van der Waals surface area contributed by atoms with Gasteiger partial charge in [-0.1, -0.05) is 0 Å². The van der Waals surface area contributed by atoms with E-state index in [1.807, 2.05) is 37.4 Å². The zero-order valence-corrected chi connectivity index (χ0v) is 13.5. The average molecular weight is 303 g/mol. The fourth-order valence-electron chi connectivity index (χ4n) is 2.15. The van der Waals surface area contributed by atoms with E-state index in [0.717, 1.165) is 40.5 Å². The highest BCUT2D eigenvalue weighted by atomic mass is 32.1. The summed E-state index contributed by atoms with van der Waals surface area (Å²) in [6.07, 6.45) is 0.768. The lowest BCUT2D eigenvalue weighted by molar-refractivity contribution is 0.0953. The van der Waals surface area contributed by atoms with E-state index >= 15 is 0 Å². The molecule has 0 aliphatic carbocycles. The monoisotopic (exact) mass is 303 g/mol. The van der Waals surface area contributed by atoms with Gasteiger partial charge in [-0.05, 0) is 44.5 Å². The average Bonchev–Trinajstić information content (AvgIpc) is 2.85. The van der Waals surface area contributed by atoms with Gasteiger partial charge in [0.1, 0.15) is 0 Å². The van der Waals surface area contributed by atoms with Crippen molar-refractivity contribution in [2.75, 3.05) is 18.4 Å². The Bertz CT molecular complexity index is 622. The van der Waals surface area contributed by atoms with Crippen LogP contribution < -0.4 is 10.6 Å². The van der Waals surface area contributed by atoms with E-state index in [0.29, 0.717) is 6.54 Å². The van der Waals surface area contributed by atoms with Gasteiger partial charge in [0, 0.05) is 36.1 Å². The van der Waals surface area contributed by atoms with Gasteiger partial charge in [0.25, 0.3) is 5.91 Å². The molecule has 21 heavy (non-hydrogen) atoms. The number of aryl methyl sites for hydroxylation is 2. The van der Waals surface area contributed by atoms with Gasteiger partial charge in [-0.3, -0.25) is 4.79 Å². The number of hydrogen-bond acceptors (Lipinski definition) is 4. The summed E-state index contributed by atoms with van der Waals surface area (Å²) < 4.78 is 0. The Morgan fingerprint density at radius 3 is 2.76 bits per heavy atom. The minimum Gasteiger partial charge on any atom is -0.385 e. The third-order valence-electron chi connectivity index (χ3n) is 3.19. The third kappa shape index (κ3) is 4.29. The molecule has 1 aromatic carbocycles. The van der Waals surface area contributed by atoms with Gasteiger partial charge in [0.2, 0.25) is 0 Å². The number of hydrogen-bond donors (Lipinski definition) is 2. The minimum atomic E-state index is -0.0255. The first-order valence-corrected chi connectivity index (χ1v) is 8.02. The summed E-state index contributed by atoms with van der Waals surface area (Å²) in [6.45, 7) is 7.48. The predicted octanol–water partition coefficient (Wildman–Crippen LogP) is 3.16. The molecule has 0 aliphatic rings. The molecule has 1 heterocycles. The minimum absolute atomic E-state index is 0.0255. The third-order valence-corrected chi connectivity index (χ3v) is 4.01. The van der Waals surface area contributed by atoms with Crippen molar-refractivity contribution in [3.05, 3.63) is 45.4 Å². The lowest BCUT2D eigenvalue weighted by Gasteiger charge is -2.10. The highest BCUT2D eigenvalue weighted by molar-refractivity contribution is 7.09. The van der Waals surface area contributed by atoms with Crippen LogP contribution in [0.25, 0.3) is 0 Å². The van der Waals surface area contributed by atoms with E-state index in [1.165, 1.54) is 0 Å². The van der Waals surface area contributed by atoms with Crippen LogP contribution in [-0.2, 0) is 6.42 Å². The van der Waals surface area contributed by atoms with E-state index in [9.17, 15) is 4.79 Å². The molecule has 4 nitrogen and oxygen atoms in total. The van der Waals surface area contributed by atoms with Crippen molar-refractivity contribution < 1.29 is 4.79 Å². The number of thiazole rings is 1. The molecule has 0 fully saturated rings. The van der Waals surface area contributed by atoms with E-state index in [1.54, 1.807) is 11.3 Å². The number of aromatic nitrogens is 1. The van der Waals surface area contributed by atoms with Crippen LogP contribution >= 0.6 is 11.3 Å². The van der Waals surface area contributed by atoms with Crippen LogP contribution in [0.4, 0.5) is 5.69 Å². The van der Waals surface area contributed by atoms with Gasteiger partial charge in [0.05, 0.1) is 10.7 Å². The Balaban J connectivity index is 1.91. The Kier molecular flexibility index (Phi) is 5.33. The summed E-state index contributed by atoms with van der Waals surface area (Å²) >= 11 is 1.64. The first-order chi connectivity index (χ1) is 10.1. The Morgan fingerprint density at radius 2 is 2.14 bits per heavy atom. The summed E-state index contributed by atoms with van der Waals surface area (Å²) in [7, 11) is 0. The Hall–Kier alpha value is -1.88. The van der Waals surface area contributed by atoms with Crippen LogP contribution in [0, 0.1) is 13.8 Å². The molecule has 0 aliphatic heterocycles. The molecule has 0 atom stereocenters. The fourth-order valence-corrected chi connectivity index (χ4v) is 2.80. The second-order valence-corrected chi connectivity index (χ2v) is 5.99. The summed E-state index contributed by atoms with van der Waals surface area (Å²) in [5.74, 6) is -0.0255.